The minimum atomic E-state index is -0.535. The van der Waals surface area contributed by atoms with Crippen LogP contribution < -0.4 is 16.6 Å². The van der Waals surface area contributed by atoms with Gasteiger partial charge < -0.3 is 16.0 Å². The van der Waals surface area contributed by atoms with Gasteiger partial charge in [-0.1, -0.05) is 0 Å². The zero-order valence-electron chi connectivity index (χ0n) is 9.24. The molecule has 0 bridgehead atoms. The van der Waals surface area contributed by atoms with Crippen molar-refractivity contribution in [3.05, 3.63) is 58.3 Å². The van der Waals surface area contributed by atoms with Crippen molar-refractivity contribution in [3.8, 4) is 0 Å². The van der Waals surface area contributed by atoms with Crippen molar-refractivity contribution in [2.45, 2.75) is 0 Å². The van der Waals surface area contributed by atoms with Crippen molar-refractivity contribution >= 4 is 17.3 Å². The van der Waals surface area contributed by atoms with Gasteiger partial charge in [0.25, 0.3) is 5.91 Å². The number of anilines is 2. The molecule has 0 spiro atoms. The lowest BCUT2D eigenvalue weighted by molar-refractivity contribution is 0.102. The fourth-order valence-corrected chi connectivity index (χ4v) is 1.44. The second-order valence-corrected chi connectivity index (χ2v) is 3.67. The maximum absolute atomic E-state index is 13.1. The highest BCUT2D eigenvalue weighted by atomic mass is 19.1. The van der Waals surface area contributed by atoms with Crippen molar-refractivity contribution in [2.24, 2.45) is 0 Å². The Labute approximate surface area is 101 Å². The third-order valence-electron chi connectivity index (χ3n) is 2.22. The van der Waals surface area contributed by atoms with E-state index in [1.165, 1.54) is 24.4 Å². The number of nitrogens with two attached hydrogens (primary N) is 1. The third-order valence-corrected chi connectivity index (χ3v) is 2.22. The zero-order valence-corrected chi connectivity index (χ0v) is 9.24. The Hall–Kier alpha value is -2.63. The summed E-state index contributed by atoms with van der Waals surface area (Å²) in [4.78, 5) is 25.0. The first-order valence-corrected chi connectivity index (χ1v) is 5.11. The van der Waals surface area contributed by atoms with Crippen molar-refractivity contribution < 1.29 is 9.18 Å². The van der Waals surface area contributed by atoms with Gasteiger partial charge in [0.05, 0.1) is 5.56 Å². The molecule has 1 aromatic carbocycles. The normalized spacial score (nSPS) is 10.1. The number of aromatic nitrogens is 1. The van der Waals surface area contributed by atoms with E-state index in [4.69, 9.17) is 5.73 Å². The summed E-state index contributed by atoms with van der Waals surface area (Å²) >= 11 is 0. The smallest absolute Gasteiger partial charge is 0.257 e. The number of aromatic amines is 1. The number of rotatable bonds is 2. The highest BCUT2D eigenvalue weighted by Gasteiger charge is 2.07. The number of H-pyrrole nitrogens is 1. The first kappa shape index (κ1) is 11.8. The van der Waals surface area contributed by atoms with Crippen LogP contribution in [0.25, 0.3) is 0 Å². The number of hydrogen-bond donors (Lipinski definition) is 3. The third kappa shape index (κ3) is 2.73. The molecule has 0 aliphatic heterocycles. The fraction of sp³-hybridized carbons (Fsp3) is 0. The molecule has 18 heavy (non-hydrogen) atoms. The molecule has 0 fully saturated rings. The quantitative estimate of drug-likeness (QED) is 0.700. The number of carbonyl (C=O) groups excluding carboxylic acids is 1. The number of nitrogens with one attached hydrogen (secondary N) is 2. The standard InChI is InChI=1S/C12H10FN3O2/c13-8-3-9(14)5-10(4-8)16-12(18)7-1-2-11(17)15-6-7/h1-6H,14H2,(H,15,17)(H,16,18). The topological polar surface area (TPSA) is 88.0 Å². The van der Waals surface area contributed by atoms with Gasteiger partial charge in [-0.3, -0.25) is 9.59 Å². The van der Waals surface area contributed by atoms with Crippen LogP contribution in [0.1, 0.15) is 10.4 Å². The summed E-state index contributed by atoms with van der Waals surface area (Å²) in [5, 5.41) is 2.48. The molecular formula is C12H10FN3O2. The molecule has 6 heteroatoms. The first-order valence-electron chi connectivity index (χ1n) is 5.11. The van der Waals surface area contributed by atoms with Crippen LogP contribution in [0.3, 0.4) is 0 Å². The van der Waals surface area contributed by atoms with Crippen LogP contribution in [0.5, 0.6) is 0 Å². The van der Waals surface area contributed by atoms with Gasteiger partial charge in [-0.05, 0) is 24.3 Å². The average molecular weight is 247 g/mol. The molecule has 2 rings (SSSR count). The maximum atomic E-state index is 13.1. The maximum Gasteiger partial charge on any atom is 0.257 e. The van der Waals surface area contributed by atoms with Crippen molar-refractivity contribution in [1.29, 1.82) is 0 Å². The Morgan fingerprint density at radius 2 is 2.06 bits per heavy atom. The lowest BCUT2D eigenvalue weighted by Gasteiger charge is -2.06. The van der Waals surface area contributed by atoms with Gasteiger partial charge in [-0.25, -0.2) is 4.39 Å². The number of nitrogen functional groups attached to an aromatic ring is 1. The summed E-state index contributed by atoms with van der Waals surface area (Å²) < 4.78 is 13.1. The van der Waals surface area contributed by atoms with Gasteiger partial charge >= 0.3 is 0 Å². The van der Waals surface area contributed by atoms with E-state index in [-0.39, 0.29) is 22.5 Å². The van der Waals surface area contributed by atoms with Gasteiger partial charge in [0.1, 0.15) is 5.82 Å². The molecule has 4 N–H and O–H groups in total. The summed E-state index contributed by atoms with van der Waals surface area (Å²) in [6.07, 6.45) is 1.28. The van der Waals surface area contributed by atoms with E-state index < -0.39 is 11.7 Å². The van der Waals surface area contributed by atoms with E-state index >= 15 is 0 Å². The van der Waals surface area contributed by atoms with Crippen LogP contribution in [0, 0.1) is 5.82 Å². The van der Waals surface area contributed by atoms with Crippen molar-refractivity contribution in [1.82, 2.24) is 4.98 Å². The molecule has 0 saturated heterocycles. The Morgan fingerprint density at radius 1 is 1.28 bits per heavy atom. The van der Waals surface area contributed by atoms with E-state index in [1.807, 2.05) is 0 Å². The summed E-state index contributed by atoms with van der Waals surface area (Å²) in [7, 11) is 0. The van der Waals surface area contributed by atoms with Crippen molar-refractivity contribution in [3.63, 3.8) is 0 Å². The minimum absolute atomic E-state index is 0.215. The van der Waals surface area contributed by atoms with E-state index in [9.17, 15) is 14.0 Å². The molecule has 5 nitrogen and oxygen atoms in total. The molecule has 0 aliphatic carbocycles. The van der Waals surface area contributed by atoms with Crippen LogP contribution in [-0.2, 0) is 0 Å². The molecule has 1 aromatic heterocycles. The summed E-state index contributed by atoms with van der Waals surface area (Å²) in [6.45, 7) is 0. The number of hydrogen-bond acceptors (Lipinski definition) is 3. The van der Waals surface area contributed by atoms with Gasteiger partial charge in [0.2, 0.25) is 5.56 Å². The first-order chi connectivity index (χ1) is 8.54. The Bertz CT molecular complexity index is 611. The molecule has 0 atom stereocenters. The van der Waals surface area contributed by atoms with Gasteiger partial charge in [-0.15, -0.1) is 0 Å². The summed E-state index contributed by atoms with van der Waals surface area (Å²) in [6, 6.07) is 6.34. The average Bonchev–Trinajstić information content (AvgIpc) is 2.28. The van der Waals surface area contributed by atoms with Crippen LogP contribution in [0.4, 0.5) is 15.8 Å². The van der Waals surface area contributed by atoms with Gasteiger partial charge in [0.15, 0.2) is 0 Å². The predicted octanol–water partition coefficient (Wildman–Crippen LogP) is 1.35. The molecule has 0 aliphatic rings. The molecule has 2 aromatic rings. The van der Waals surface area contributed by atoms with Crippen LogP contribution in [-0.4, -0.2) is 10.9 Å². The fourth-order valence-electron chi connectivity index (χ4n) is 1.44. The SMILES string of the molecule is Nc1cc(F)cc(NC(=O)c2ccc(=O)[nH]c2)c1. The Morgan fingerprint density at radius 3 is 2.67 bits per heavy atom. The van der Waals surface area contributed by atoms with Gasteiger partial charge in [-0.2, -0.15) is 0 Å². The Balaban J connectivity index is 2.21. The molecule has 0 saturated carbocycles. The molecule has 92 valence electrons. The van der Waals surface area contributed by atoms with Gasteiger partial charge in [0, 0.05) is 23.6 Å². The van der Waals surface area contributed by atoms with Crippen LogP contribution in [0.15, 0.2) is 41.3 Å². The van der Waals surface area contributed by atoms with Crippen LogP contribution >= 0.6 is 0 Å². The molecule has 0 unspecified atom stereocenters. The second-order valence-electron chi connectivity index (χ2n) is 3.67. The lowest BCUT2D eigenvalue weighted by atomic mass is 10.2. The summed E-state index contributed by atoms with van der Waals surface area (Å²) in [5.74, 6) is -0.997. The predicted molar refractivity (Wildman–Crippen MR) is 65.8 cm³/mol. The molecule has 0 radical (unpaired) electrons. The number of pyridine rings is 1. The second kappa shape index (κ2) is 4.70. The van der Waals surface area contributed by atoms with E-state index in [2.05, 4.69) is 10.3 Å². The number of halogens is 1. The lowest BCUT2D eigenvalue weighted by Crippen LogP contribution is -2.14. The van der Waals surface area contributed by atoms with Crippen LogP contribution in [0.2, 0.25) is 0 Å². The molecule has 1 heterocycles. The number of amides is 1. The summed E-state index contributed by atoms with van der Waals surface area (Å²) in [5.41, 5.74) is 5.88. The zero-order chi connectivity index (χ0) is 13.1. The minimum Gasteiger partial charge on any atom is -0.399 e. The number of carbonyl (C=O) groups is 1. The highest BCUT2D eigenvalue weighted by Crippen LogP contribution is 2.16. The van der Waals surface area contributed by atoms with E-state index in [0.29, 0.717) is 0 Å². The molecule has 1 amide bonds. The highest BCUT2D eigenvalue weighted by molar-refractivity contribution is 6.04. The van der Waals surface area contributed by atoms with E-state index in [0.717, 1.165) is 12.1 Å². The monoisotopic (exact) mass is 247 g/mol. The van der Waals surface area contributed by atoms with Crippen molar-refractivity contribution in [2.75, 3.05) is 11.1 Å². The number of benzene rings is 1. The largest absolute Gasteiger partial charge is 0.399 e. The molecular weight excluding hydrogens is 237 g/mol. The van der Waals surface area contributed by atoms with E-state index in [1.54, 1.807) is 0 Å². The Kier molecular flexibility index (Phi) is 3.09.